The summed E-state index contributed by atoms with van der Waals surface area (Å²) in [6, 6.07) is 0. The average molecular weight is 261 g/mol. The molecular weight excluding hydrogens is 238 g/mol. The first kappa shape index (κ1) is 25.5. The van der Waals surface area contributed by atoms with Crippen molar-refractivity contribution in [3.63, 3.8) is 0 Å². The molecule has 6 heteroatoms. The molecule has 0 heterocycles. The summed E-state index contributed by atoms with van der Waals surface area (Å²) in [6.07, 6.45) is 8.88. The van der Waals surface area contributed by atoms with Gasteiger partial charge in [0.2, 0.25) is 0 Å². The normalized spacial score (nSPS) is 8.13. The van der Waals surface area contributed by atoms with Gasteiger partial charge in [-0.05, 0) is 19.3 Å². The fraction of sp³-hybridized carbons (Fsp3) is 1.00. The molecular formula is C9H23BCaO3P. The van der Waals surface area contributed by atoms with Crippen molar-refractivity contribution in [2.24, 2.45) is 0 Å². The van der Waals surface area contributed by atoms with Crippen molar-refractivity contribution in [2.45, 2.75) is 40.0 Å². The maximum Gasteiger partial charge on any atom is 2.00 e. The smallest absolute Gasteiger partial charge is 0.900 e. The monoisotopic (exact) mass is 261 g/mol. The molecule has 0 amide bonds. The summed E-state index contributed by atoms with van der Waals surface area (Å²) in [4.78, 5) is 0. The molecule has 0 aliphatic heterocycles. The Hall–Kier alpha value is 1.63. The summed E-state index contributed by atoms with van der Waals surface area (Å²) in [6.45, 7) is 6.95. The predicted molar refractivity (Wildman–Crippen MR) is 67.2 cm³/mol. The molecule has 0 unspecified atom stereocenters. The Labute approximate surface area is 126 Å². The second kappa shape index (κ2) is 24.7. The Morgan fingerprint density at radius 2 is 1.07 bits per heavy atom. The summed E-state index contributed by atoms with van der Waals surface area (Å²) in [5.41, 5.74) is 0. The summed E-state index contributed by atoms with van der Waals surface area (Å²) >= 11 is 0. The van der Waals surface area contributed by atoms with Crippen molar-refractivity contribution >= 4 is 53.3 Å². The van der Waals surface area contributed by atoms with Gasteiger partial charge in [-0.3, -0.25) is 0 Å². The molecule has 0 rings (SSSR count). The van der Waals surface area contributed by atoms with E-state index in [-0.39, 0.29) is 51.1 Å². The van der Waals surface area contributed by atoms with Gasteiger partial charge in [0.1, 0.15) is 0 Å². The van der Waals surface area contributed by atoms with E-state index in [4.69, 9.17) is 10.0 Å². The van der Waals surface area contributed by atoms with Crippen LogP contribution in [0.1, 0.15) is 40.0 Å². The second-order valence-corrected chi connectivity index (χ2v) is 6.10. The van der Waals surface area contributed by atoms with E-state index in [1.54, 1.807) is 18.5 Å². The zero-order chi connectivity index (χ0) is 10.5. The van der Waals surface area contributed by atoms with E-state index in [9.17, 15) is 0 Å². The quantitative estimate of drug-likeness (QED) is 0.503. The largest absolute Gasteiger partial charge is 2.00 e. The van der Waals surface area contributed by atoms with Gasteiger partial charge in [0.15, 0.2) is 0 Å². The molecule has 0 aliphatic carbocycles. The van der Waals surface area contributed by atoms with E-state index in [2.05, 4.69) is 20.8 Å². The molecule has 0 bridgehead atoms. The Kier molecular flexibility index (Phi) is 42.0. The fourth-order valence-corrected chi connectivity index (χ4v) is 4.31. The Balaban J connectivity index is -0.000000108. The molecule has 87 valence electrons. The minimum Gasteiger partial charge on any atom is -0.900 e. The SMILES string of the molecule is CCC[PH+](CCC)CCC.[Ca+2].[O-][B][O-].[OH-]. The van der Waals surface area contributed by atoms with Crippen molar-refractivity contribution < 1.29 is 15.5 Å². The third-order valence-electron chi connectivity index (χ3n) is 1.81. The van der Waals surface area contributed by atoms with Gasteiger partial charge in [-0.2, -0.15) is 0 Å². The summed E-state index contributed by atoms with van der Waals surface area (Å²) in [5, 5.41) is 16.5. The Bertz CT molecular complexity index is 77.5. The molecule has 0 aliphatic rings. The molecule has 1 radical (unpaired) electrons. The van der Waals surface area contributed by atoms with Crippen LogP contribution in [0.25, 0.3) is 0 Å². The van der Waals surface area contributed by atoms with Gasteiger partial charge >= 0.3 is 37.7 Å². The predicted octanol–water partition coefficient (Wildman–Crippen LogP) is 0.114. The zero-order valence-corrected chi connectivity index (χ0v) is 13.5. The van der Waals surface area contributed by atoms with E-state index in [0.717, 1.165) is 0 Å². The van der Waals surface area contributed by atoms with Crippen LogP contribution < -0.4 is 10.0 Å². The fourth-order valence-electron chi connectivity index (χ4n) is 1.44. The molecule has 0 atom stereocenters. The van der Waals surface area contributed by atoms with Crippen molar-refractivity contribution in [1.82, 2.24) is 0 Å². The molecule has 3 nitrogen and oxygen atoms in total. The molecule has 0 saturated heterocycles. The van der Waals surface area contributed by atoms with Crippen LogP contribution in [0.5, 0.6) is 0 Å². The topological polar surface area (TPSA) is 76.1 Å². The first-order chi connectivity index (χ1) is 6.26. The van der Waals surface area contributed by atoms with Crippen molar-refractivity contribution in [3.8, 4) is 0 Å². The van der Waals surface area contributed by atoms with Crippen molar-refractivity contribution in [3.05, 3.63) is 0 Å². The van der Waals surface area contributed by atoms with Crippen LogP contribution in [0, 0.1) is 0 Å². The molecule has 0 aromatic carbocycles. The van der Waals surface area contributed by atoms with E-state index in [0.29, 0.717) is 0 Å². The maximum atomic E-state index is 8.25. The van der Waals surface area contributed by atoms with Crippen LogP contribution in [0.2, 0.25) is 0 Å². The Morgan fingerprint density at radius 1 is 0.867 bits per heavy atom. The zero-order valence-electron chi connectivity index (χ0n) is 10.3. The van der Waals surface area contributed by atoms with E-state index in [1.807, 2.05) is 0 Å². The van der Waals surface area contributed by atoms with Gasteiger partial charge < -0.3 is 15.5 Å². The Morgan fingerprint density at radius 3 is 1.20 bits per heavy atom. The van der Waals surface area contributed by atoms with Crippen molar-refractivity contribution in [2.75, 3.05) is 18.5 Å². The summed E-state index contributed by atoms with van der Waals surface area (Å²) in [5.74, 6) is 0. The van der Waals surface area contributed by atoms with Crippen LogP contribution in [-0.2, 0) is 0 Å². The molecule has 15 heavy (non-hydrogen) atoms. The van der Waals surface area contributed by atoms with Crippen LogP contribution in [0.3, 0.4) is 0 Å². The van der Waals surface area contributed by atoms with E-state index >= 15 is 0 Å². The van der Waals surface area contributed by atoms with Gasteiger partial charge in [0.05, 0.1) is 18.5 Å². The standard InChI is InChI=1S/C9H21P.BO2.Ca.H2O/c1-4-7-10(8-5-2)9-6-3;2-1-3;;/h4-9H2,1-3H3;;;1H2/q;-2;+2;. The van der Waals surface area contributed by atoms with Crippen LogP contribution >= 0.6 is 7.92 Å². The van der Waals surface area contributed by atoms with E-state index < -0.39 is 7.69 Å². The van der Waals surface area contributed by atoms with Crippen LogP contribution in [0.15, 0.2) is 0 Å². The molecule has 0 saturated carbocycles. The third-order valence-corrected chi connectivity index (χ3v) is 5.43. The number of hydrogen-bond acceptors (Lipinski definition) is 3. The van der Waals surface area contributed by atoms with Gasteiger partial charge in [-0.15, -0.1) is 0 Å². The molecule has 0 aromatic rings. The van der Waals surface area contributed by atoms with Gasteiger partial charge in [-0.1, -0.05) is 20.8 Å². The average Bonchev–Trinajstić information content (AvgIpc) is 2.07. The van der Waals surface area contributed by atoms with Crippen molar-refractivity contribution in [1.29, 1.82) is 0 Å². The number of rotatable bonds is 6. The minimum absolute atomic E-state index is 0. The minimum atomic E-state index is -0.500. The van der Waals surface area contributed by atoms with Gasteiger partial charge in [0, 0.05) is 7.92 Å². The first-order valence-electron chi connectivity index (χ1n) is 5.15. The second-order valence-electron chi connectivity index (χ2n) is 3.10. The van der Waals surface area contributed by atoms with Crippen LogP contribution in [-0.4, -0.2) is 69.4 Å². The van der Waals surface area contributed by atoms with E-state index in [1.165, 1.54) is 19.3 Å². The molecule has 0 fully saturated rings. The molecule has 0 spiro atoms. The first-order valence-corrected chi connectivity index (χ1v) is 7.27. The summed E-state index contributed by atoms with van der Waals surface area (Å²) in [7, 11) is -0.397. The number of hydrogen-bond donors (Lipinski definition) is 0. The van der Waals surface area contributed by atoms with Crippen LogP contribution in [0.4, 0.5) is 0 Å². The van der Waals surface area contributed by atoms with Gasteiger partial charge in [0.25, 0.3) is 0 Å². The molecule has 1 N–H and O–H groups in total. The van der Waals surface area contributed by atoms with Gasteiger partial charge in [-0.25, -0.2) is 7.69 Å². The summed E-state index contributed by atoms with van der Waals surface area (Å²) < 4.78 is 0. The molecule has 0 aromatic heterocycles. The maximum absolute atomic E-state index is 8.25. The third kappa shape index (κ3) is 25.7.